The Balaban J connectivity index is 2.08. The van der Waals surface area contributed by atoms with Gasteiger partial charge in [0, 0.05) is 5.69 Å². The second-order valence-electron chi connectivity index (χ2n) is 4.65. The largest absolute Gasteiger partial charge is 0.326 e. The summed E-state index contributed by atoms with van der Waals surface area (Å²) in [5, 5.41) is 11.6. The van der Waals surface area contributed by atoms with E-state index in [-0.39, 0.29) is 17.2 Å². The lowest BCUT2D eigenvalue weighted by molar-refractivity contribution is -0.115. The number of carbonyl (C=O) groups excluding carboxylic acids is 1. The molecule has 18 heavy (non-hydrogen) atoms. The SMILES string of the molecule is N#CC1(S(=O)(=O)c2ccc3c(c2)CC(=O)N3)CC1. The third kappa shape index (κ3) is 1.37. The van der Waals surface area contributed by atoms with Crippen molar-refractivity contribution in [3.05, 3.63) is 23.8 Å². The molecule has 1 aromatic carbocycles. The summed E-state index contributed by atoms with van der Waals surface area (Å²) < 4.78 is 23.4. The molecule has 0 unspecified atom stereocenters. The molecule has 1 fully saturated rings. The van der Waals surface area contributed by atoms with E-state index in [1.165, 1.54) is 12.1 Å². The number of sulfone groups is 1. The van der Waals surface area contributed by atoms with Gasteiger partial charge in [0.2, 0.25) is 5.91 Å². The minimum absolute atomic E-state index is 0.136. The maximum atomic E-state index is 12.3. The molecular weight excluding hydrogens is 252 g/mol. The molecule has 1 amide bonds. The van der Waals surface area contributed by atoms with Crippen molar-refractivity contribution in [2.75, 3.05) is 5.32 Å². The van der Waals surface area contributed by atoms with E-state index in [1.54, 1.807) is 6.07 Å². The molecule has 1 aromatic rings. The van der Waals surface area contributed by atoms with Gasteiger partial charge >= 0.3 is 0 Å². The Hall–Kier alpha value is -1.87. The van der Waals surface area contributed by atoms with Crippen LogP contribution in [0.3, 0.4) is 0 Å². The van der Waals surface area contributed by atoms with Crippen molar-refractivity contribution in [3.8, 4) is 6.07 Å². The second-order valence-corrected chi connectivity index (χ2v) is 6.91. The number of rotatable bonds is 2. The molecule has 0 aromatic heterocycles. The zero-order valence-corrected chi connectivity index (χ0v) is 10.3. The third-order valence-electron chi connectivity index (χ3n) is 3.43. The highest BCUT2D eigenvalue weighted by Crippen LogP contribution is 2.46. The lowest BCUT2D eigenvalue weighted by Gasteiger charge is -2.09. The maximum Gasteiger partial charge on any atom is 0.228 e. The van der Waals surface area contributed by atoms with Crippen LogP contribution in [0, 0.1) is 11.3 Å². The van der Waals surface area contributed by atoms with Crippen LogP contribution in [0.2, 0.25) is 0 Å². The molecule has 0 bridgehead atoms. The first-order chi connectivity index (χ1) is 8.48. The van der Waals surface area contributed by atoms with Gasteiger partial charge in [-0.1, -0.05) is 0 Å². The highest BCUT2D eigenvalue weighted by molar-refractivity contribution is 7.93. The maximum absolute atomic E-state index is 12.3. The number of anilines is 1. The zero-order chi connectivity index (χ0) is 13.0. The van der Waals surface area contributed by atoms with Crippen LogP contribution in [0.5, 0.6) is 0 Å². The molecule has 1 saturated carbocycles. The molecule has 6 heteroatoms. The highest BCUT2D eigenvalue weighted by atomic mass is 32.2. The Kier molecular flexibility index (Phi) is 2.08. The Bertz CT molecular complexity index is 697. The number of nitriles is 1. The van der Waals surface area contributed by atoms with Crippen molar-refractivity contribution in [2.24, 2.45) is 0 Å². The van der Waals surface area contributed by atoms with E-state index >= 15 is 0 Å². The van der Waals surface area contributed by atoms with E-state index < -0.39 is 14.6 Å². The highest BCUT2D eigenvalue weighted by Gasteiger charge is 2.56. The van der Waals surface area contributed by atoms with Crippen LogP contribution < -0.4 is 5.32 Å². The number of nitrogens with zero attached hydrogens (tertiary/aromatic N) is 1. The number of nitrogens with one attached hydrogen (secondary N) is 1. The first-order valence-electron chi connectivity index (χ1n) is 5.57. The van der Waals surface area contributed by atoms with Gasteiger partial charge in [-0.25, -0.2) is 8.42 Å². The molecule has 1 aliphatic heterocycles. The van der Waals surface area contributed by atoms with Gasteiger partial charge in [0.1, 0.15) is 0 Å². The molecule has 0 radical (unpaired) electrons. The summed E-state index contributed by atoms with van der Waals surface area (Å²) in [6.45, 7) is 0. The smallest absolute Gasteiger partial charge is 0.228 e. The van der Waals surface area contributed by atoms with Gasteiger partial charge in [0.25, 0.3) is 0 Å². The van der Waals surface area contributed by atoms with E-state index in [4.69, 9.17) is 5.26 Å². The summed E-state index contributed by atoms with van der Waals surface area (Å²) in [5.41, 5.74) is 1.33. The fourth-order valence-electron chi connectivity index (χ4n) is 2.15. The monoisotopic (exact) mass is 262 g/mol. The fourth-order valence-corrected chi connectivity index (χ4v) is 3.91. The Labute approximate surface area is 104 Å². The average molecular weight is 262 g/mol. The van der Waals surface area contributed by atoms with Gasteiger partial charge in [-0.3, -0.25) is 4.79 Å². The van der Waals surface area contributed by atoms with Crippen LogP contribution in [0.4, 0.5) is 5.69 Å². The molecule has 1 heterocycles. The standard InChI is InChI=1S/C12H10N2O3S/c13-7-12(3-4-12)18(16,17)9-1-2-10-8(5-9)6-11(15)14-10/h1-2,5H,3-4,6H2,(H,14,15). The molecular formula is C12H10N2O3S. The predicted molar refractivity (Wildman–Crippen MR) is 63.5 cm³/mol. The summed E-state index contributed by atoms with van der Waals surface area (Å²) in [7, 11) is -3.62. The van der Waals surface area contributed by atoms with Crippen LogP contribution in [0.25, 0.3) is 0 Å². The topological polar surface area (TPSA) is 87.0 Å². The molecule has 0 atom stereocenters. The molecule has 1 aliphatic carbocycles. The summed E-state index contributed by atoms with van der Waals surface area (Å²) in [6.07, 6.45) is 0.971. The minimum atomic E-state index is -3.62. The Morgan fingerprint density at radius 2 is 2.06 bits per heavy atom. The molecule has 0 spiro atoms. The van der Waals surface area contributed by atoms with Crippen molar-refractivity contribution in [1.29, 1.82) is 5.26 Å². The van der Waals surface area contributed by atoms with Crippen LogP contribution in [-0.4, -0.2) is 19.1 Å². The molecule has 5 nitrogen and oxygen atoms in total. The molecule has 92 valence electrons. The number of fused-ring (bicyclic) bond motifs is 1. The van der Waals surface area contributed by atoms with E-state index in [0.29, 0.717) is 24.1 Å². The van der Waals surface area contributed by atoms with Crippen molar-refractivity contribution in [3.63, 3.8) is 0 Å². The van der Waals surface area contributed by atoms with Gasteiger partial charge in [0.15, 0.2) is 14.6 Å². The first-order valence-corrected chi connectivity index (χ1v) is 7.05. The number of benzene rings is 1. The van der Waals surface area contributed by atoms with Crippen LogP contribution in [-0.2, 0) is 21.1 Å². The van der Waals surface area contributed by atoms with Gasteiger partial charge < -0.3 is 5.32 Å². The van der Waals surface area contributed by atoms with Crippen molar-refractivity contribution < 1.29 is 13.2 Å². The number of amides is 1. The van der Waals surface area contributed by atoms with Crippen LogP contribution in [0.15, 0.2) is 23.1 Å². The summed E-state index contributed by atoms with van der Waals surface area (Å²) in [5.74, 6) is -0.138. The van der Waals surface area contributed by atoms with Crippen molar-refractivity contribution in [2.45, 2.75) is 28.9 Å². The quantitative estimate of drug-likeness (QED) is 0.861. The number of hydrogen-bond donors (Lipinski definition) is 1. The third-order valence-corrected chi connectivity index (χ3v) is 5.84. The van der Waals surface area contributed by atoms with E-state index in [0.717, 1.165) is 0 Å². The van der Waals surface area contributed by atoms with E-state index in [1.807, 2.05) is 6.07 Å². The normalized spacial score (nSPS) is 19.8. The Morgan fingerprint density at radius 1 is 1.33 bits per heavy atom. The number of carbonyl (C=O) groups is 1. The lowest BCUT2D eigenvalue weighted by Crippen LogP contribution is -2.21. The van der Waals surface area contributed by atoms with E-state index in [2.05, 4.69) is 5.32 Å². The molecule has 0 saturated heterocycles. The van der Waals surface area contributed by atoms with Gasteiger partial charge in [0.05, 0.1) is 17.4 Å². The fraction of sp³-hybridized carbons (Fsp3) is 0.333. The molecule has 1 N–H and O–H groups in total. The van der Waals surface area contributed by atoms with Gasteiger partial charge in [-0.05, 0) is 36.6 Å². The molecule has 3 rings (SSSR count). The van der Waals surface area contributed by atoms with Crippen molar-refractivity contribution >= 4 is 21.4 Å². The summed E-state index contributed by atoms with van der Waals surface area (Å²) in [4.78, 5) is 11.3. The van der Waals surface area contributed by atoms with Gasteiger partial charge in [-0.15, -0.1) is 0 Å². The van der Waals surface area contributed by atoms with E-state index in [9.17, 15) is 13.2 Å². The van der Waals surface area contributed by atoms with Crippen LogP contribution in [0.1, 0.15) is 18.4 Å². The lowest BCUT2D eigenvalue weighted by atomic mass is 10.2. The number of hydrogen-bond acceptors (Lipinski definition) is 4. The Morgan fingerprint density at radius 3 is 2.67 bits per heavy atom. The van der Waals surface area contributed by atoms with Crippen molar-refractivity contribution in [1.82, 2.24) is 0 Å². The average Bonchev–Trinajstić information content (AvgIpc) is 3.05. The minimum Gasteiger partial charge on any atom is -0.326 e. The zero-order valence-electron chi connectivity index (χ0n) is 9.43. The summed E-state index contributed by atoms with van der Waals surface area (Å²) in [6, 6.07) is 6.44. The first kappa shape index (κ1) is 11.2. The van der Waals surface area contributed by atoms with Crippen LogP contribution >= 0.6 is 0 Å². The second kappa shape index (κ2) is 3.33. The summed E-state index contributed by atoms with van der Waals surface area (Å²) >= 11 is 0. The molecule has 2 aliphatic rings. The predicted octanol–water partition coefficient (Wildman–Crippen LogP) is 1.01. The van der Waals surface area contributed by atoms with Gasteiger partial charge in [-0.2, -0.15) is 5.26 Å².